The van der Waals surface area contributed by atoms with Gasteiger partial charge in [-0.1, -0.05) is 20.8 Å². The summed E-state index contributed by atoms with van der Waals surface area (Å²) in [5, 5.41) is 0.195. The molecule has 4 N–H and O–H groups in total. The molecule has 0 spiro atoms. The molecule has 2 rings (SSSR count). The van der Waals surface area contributed by atoms with E-state index in [0.29, 0.717) is 30.1 Å². The Morgan fingerprint density at radius 2 is 1.90 bits per heavy atom. The van der Waals surface area contributed by atoms with Gasteiger partial charge in [-0.15, -0.1) is 0 Å². The van der Waals surface area contributed by atoms with E-state index in [0.717, 1.165) is 0 Å². The summed E-state index contributed by atoms with van der Waals surface area (Å²) < 4.78 is 8.06. The molecule has 7 nitrogen and oxygen atoms in total. The van der Waals surface area contributed by atoms with E-state index in [-0.39, 0.29) is 11.0 Å². The first-order chi connectivity index (χ1) is 9.62. The zero-order valence-electron chi connectivity index (χ0n) is 13.3. The molecule has 0 aliphatic heterocycles. The maximum absolute atomic E-state index is 6.16. The second-order valence-electron chi connectivity index (χ2n) is 6.69. The maximum Gasteiger partial charge on any atom is 0.224 e. The zero-order valence-corrected chi connectivity index (χ0v) is 14.3. The van der Waals surface area contributed by atoms with Crippen LogP contribution in [0.1, 0.15) is 20.8 Å². The molecule has 0 radical (unpaired) electrons. The minimum absolute atomic E-state index is 0.159. The summed E-state index contributed by atoms with van der Waals surface area (Å²) in [6.07, 6.45) is 1.70. The molecule has 0 atom stereocenters. The van der Waals surface area contributed by atoms with Crippen molar-refractivity contribution >= 4 is 31.2 Å². The molecule has 0 fully saturated rings. The third-order valence-corrected chi connectivity index (χ3v) is 8.65. The quantitative estimate of drug-likeness (QED) is 0.837. The highest BCUT2D eigenvalue weighted by atomic mass is 28.4. The summed E-state index contributed by atoms with van der Waals surface area (Å²) >= 11 is 0. The van der Waals surface area contributed by atoms with Gasteiger partial charge in [-0.05, 0) is 18.1 Å². The number of nitrogen functional groups attached to an aromatic ring is 2. The lowest BCUT2D eigenvalue weighted by Crippen LogP contribution is -2.41. The van der Waals surface area contributed by atoms with Crippen molar-refractivity contribution in [3.05, 3.63) is 6.33 Å². The van der Waals surface area contributed by atoms with Crippen molar-refractivity contribution < 1.29 is 4.43 Å². The monoisotopic (exact) mass is 308 g/mol. The van der Waals surface area contributed by atoms with E-state index in [1.165, 1.54) is 0 Å². The third kappa shape index (κ3) is 3.16. The zero-order chi connectivity index (χ0) is 15.8. The summed E-state index contributed by atoms with van der Waals surface area (Å²) in [7, 11) is -1.74. The molecule has 8 heteroatoms. The average molecular weight is 308 g/mol. The van der Waals surface area contributed by atoms with Gasteiger partial charge in [-0.2, -0.15) is 9.97 Å². The average Bonchev–Trinajstić information content (AvgIpc) is 2.71. The maximum atomic E-state index is 6.16. The van der Waals surface area contributed by atoms with E-state index in [2.05, 4.69) is 48.8 Å². The SMILES string of the molecule is CC(C)(C)[Si](C)(C)OCCn1cnc2c(N)nc(N)nc21. The van der Waals surface area contributed by atoms with Gasteiger partial charge in [0.2, 0.25) is 5.95 Å². The predicted octanol–water partition coefficient (Wildman–Crippen LogP) is 2.01. The van der Waals surface area contributed by atoms with Gasteiger partial charge in [0.05, 0.1) is 12.9 Å². The molecule has 0 aliphatic carbocycles. The fraction of sp³-hybridized carbons (Fsp3) is 0.615. The van der Waals surface area contributed by atoms with Crippen LogP contribution in [-0.2, 0) is 11.0 Å². The van der Waals surface area contributed by atoms with Crippen LogP contribution in [0, 0.1) is 0 Å². The first-order valence-corrected chi connectivity index (χ1v) is 9.90. The summed E-state index contributed by atoms with van der Waals surface area (Å²) in [6, 6.07) is 0. The normalized spacial score (nSPS) is 13.0. The van der Waals surface area contributed by atoms with Crippen LogP contribution >= 0.6 is 0 Å². The Hall–Kier alpha value is -1.67. The number of hydrogen-bond donors (Lipinski definition) is 2. The Morgan fingerprint density at radius 3 is 2.52 bits per heavy atom. The van der Waals surface area contributed by atoms with Crippen molar-refractivity contribution in [1.82, 2.24) is 19.5 Å². The number of nitrogens with two attached hydrogens (primary N) is 2. The van der Waals surface area contributed by atoms with Crippen LogP contribution < -0.4 is 11.5 Å². The van der Waals surface area contributed by atoms with Crippen LogP contribution in [0.5, 0.6) is 0 Å². The molecule has 0 aliphatic rings. The number of anilines is 2. The Bertz CT molecular complexity index is 646. The molecule has 2 heterocycles. The van der Waals surface area contributed by atoms with E-state index < -0.39 is 8.32 Å². The lowest BCUT2D eigenvalue weighted by molar-refractivity contribution is 0.273. The summed E-state index contributed by atoms with van der Waals surface area (Å²) in [5.41, 5.74) is 12.7. The van der Waals surface area contributed by atoms with Crippen molar-refractivity contribution in [2.24, 2.45) is 0 Å². The lowest BCUT2D eigenvalue weighted by Gasteiger charge is -2.36. The van der Waals surface area contributed by atoms with Gasteiger partial charge >= 0.3 is 0 Å². The topological polar surface area (TPSA) is 105 Å². The summed E-state index contributed by atoms with van der Waals surface area (Å²) in [4.78, 5) is 12.4. The number of hydrogen-bond acceptors (Lipinski definition) is 6. The largest absolute Gasteiger partial charge is 0.415 e. The van der Waals surface area contributed by atoms with Crippen LogP contribution in [0.25, 0.3) is 11.2 Å². The van der Waals surface area contributed by atoms with Crippen LogP contribution in [0.3, 0.4) is 0 Å². The van der Waals surface area contributed by atoms with Crippen molar-refractivity contribution in [3.63, 3.8) is 0 Å². The molecule has 0 aromatic carbocycles. The van der Waals surface area contributed by atoms with E-state index in [9.17, 15) is 0 Å². The van der Waals surface area contributed by atoms with Crippen LogP contribution in [0.15, 0.2) is 6.33 Å². The van der Waals surface area contributed by atoms with Gasteiger partial charge in [-0.3, -0.25) is 0 Å². The Kier molecular flexibility index (Phi) is 3.94. The van der Waals surface area contributed by atoms with Crippen molar-refractivity contribution in [2.75, 3.05) is 18.1 Å². The third-order valence-electron chi connectivity index (χ3n) is 4.11. The van der Waals surface area contributed by atoms with Gasteiger partial charge in [0.15, 0.2) is 19.8 Å². The Morgan fingerprint density at radius 1 is 1.24 bits per heavy atom. The molecule has 21 heavy (non-hydrogen) atoms. The number of imidazole rings is 1. The highest BCUT2D eigenvalue weighted by molar-refractivity contribution is 6.74. The molecular formula is C13H24N6OSi. The second-order valence-corrected chi connectivity index (χ2v) is 11.5. The molecule has 2 aromatic rings. The van der Waals surface area contributed by atoms with Crippen molar-refractivity contribution in [2.45, 2.75) is 45.4 Å². The molecular weight excluding hydrogens is 284 g/mol. The second kappa shape index (κ2) is 5.27. The minimum Gasteiger partial charge on any atom is -0.415 e. The van der Waals surface area contributed by atoms with Crippen LogP contribution in [0.2, 0.25) is 18.1 Å². The lowest BCUT2D eigenvalue weighted by atomic mass is 10.2. The summed E-state index contributed by atoms with van der Waals surface area (Å²) in [6.45, 7) is 12.4. The fourth-order valence-corrected chi connectivity index (χ4v) is 2.80. The smallest absolute Gasteiger partial charge is 0.224 e. The number of aromatic nitrogens is 4. The van der Waals surface area contributed by atoms with Gasteiger partial charge in [0.1, 0.15) is 5.52 Å². The highest BCUT2D eigenvalue weighted by Gasteiger charge is 2.36. The minimum atomic E-state index is -1.74. The Labute approximate surface area is 125 Å². The number of rotatable bonds is 4. The van der Waals surface area contributed by atoms with Crippen LogP contribution in [0.4, 0.5) is 11.8 Å². The standard InChI is InChI=1S/C13H24N6OSi/c1-13(2,3)21(4,5)20-7-6-19-8-16-9-10(14)17-12(15)18-11(9)19/h8H,6-7H2,1-5H3,(H4,14,15,17,18). The van der Waals surface area contributed by atoms with Crippen molar-refractivity contribution in [3.8, 4) is 0 Å². The van der Waals surface area contributed by atoms with E-state index in [1.807, 2.05) is 4.57 Å². The van der Waals surface area contributed by atoms with Gasteiger partial charge < -0.3 is 20.5 Å². The van der Waals surface area contributed by atoms with Crippen molar-refractivity contribution in [1.29, 1.82) is 0 Å². The Balaban J connectivity index is 2.12. The fourth-order valence-electron chi connectivity index (χ4n) is 1.76. The highest BCUT2D eigenvalue weighted by Crippen LogP contribution is 2.36. The molecule has 116 valence electrons. The molecule has 2 aromatic heterocycles. The molecule has 0 unspecified atom stereocenters. The number of nitrogens with zero attached hydrogens (tertiary/aromatic N) is 4. The first-order valence-electron chi connectivity index (χ1n) is 6.99. The number of fused-ring (bicyclic) bond motifs is 1. The van der Waals surface area contributed by atoms with Gasteiger partial charge in [0, 0.05) is 6.54 Å². The van der Waals surface area contributed by atoms with Gasteiger partial charge in [0.25, 0.3) is 0 Å². The molecule has 0 amide bonds. The molecule has 0 bridgehead atoms. The van der Waals surface area contributed by atoms with E-state index in [4.69, 9.17) is 15.9 Å². The van der Waals surface area contributed by atoms with E-state index >= 15 is 0 Å². The first kappa shape index (κ1) is 15.7. The van der Waals surface area contributed by atoms with Crippen LogP contribution in [-0.4, -0.2) is 34.4 Å². The van der Waals surface area contributed by atoms with E-state index in [1.54, 1.807) is 6.33 Å². The molecule has 0 saturated heterocycles. The van der Waals surface area contributed by atoms with Gasteiger partial charge in [-0.25, -0.2) is 4.98 Å². The summed E-state index contributed by atoms with van der Waals surface area (Å²) in [5.74, 6) is 0.466. The predicted molar refractivity (Wildman–Crippen MR) is 87.3 cm³/mol. The molecule has 0 saturated carbocycles.